The maximum absolute atomic E-state index is 12.7. The van der Waals surface area contributed by atoms with Crippen molar-refractivity contribution in [3.8, 4) is 5.75 Å². The third-order valence-electron chi connectivity index (χ3n) is 2.54. The molecule has 2 aromatic rings. The number of hydrogen-bond donors (Lipinski definition) is 1. The molecule has 2 rings (SSSR count). The van der Waals surface area contributed by atoms with Crippen molar-refractivity contribution < 1.29 is 27.8 Å². The van der Waals surface area contributed by atoms with Gasteiger partial charge in [0.1, 0.15) is 11.4 Å². The summed E-state index contributed by atoms with van der Waals surface area (Å²) in [4.78, 5) is 14.4. The fraction of sp³-hybridized carbons (Fsp3) is 0.167. The van der Waals surface area contributed by atoms with E-state index in [9.17, 15) is 18.0 Å². The summed E-state index contributed by atoms with van der Waals surface area (Å²) in [5, 5.41) is 9.20. The Morgan fingerprint density at radius 3 is 2.58 bits per heavy atom. The van der Waals surface area contributed by atoms with E-state index in [4.69, 9.17) is 9.84 Å². The Balaban J connectivity index is 2.86. The van der Waals surface area contributed by atoms with Gasteiger partial charge in [0.15, 0.2) is 0 Å². The molecule has 0 fully saturated rings. The van der Waals surface area contributed by atoms with Crippen LogP contribution in [0.15, 0.2) is 24.3 Å². The van der Waals surface area contributed by atoms with Gasteiger partial charge in [-0.2, -0.15) is 13.2 Å². The normalized spacial score (nSPS) is 11.6. The number of pyridine rings is 1. The molecule has 0 bridgehead atoms. The Kier molecular flexibility index (Phi) is 3.05. The van der Waals surface area contributed by atoms with Crippen molar-refractivity contribution in [3.05, 3.63) is 35.5 Å². The van der Waals surface area contributed by atoms with Crippen molar-refractivity contribution in [1.82, 2.24) is 4.98 Å². The lowest BCUT2D eigenvalue weighted by molar-refractivity contribution is -0.141. The number of hydrogen-bond acceptors (Lipinski definition) is 3. The second-order valence-electron chi connectivity index (χ2n) is 3.71. The lowest BCUT2D eigenvalue weighted by Crippen LogP contribution is -2.10. The molecule has 0 atom stereocenters. The second-order valence-corrected chi connectivity index (χ2v) is 3.71. The second kappa shape index (κ2) is 4.42. The zero-order valence-corrected chi connectivity index (χ0v) is 9.65. The first-order valence-corrected chi connectivity index (χ1v) is 5.13. The number of para-hydroxylation sites is 1. The maximum Gasteiger partial charge on any atom is 0.433 e. The Morgan fingerprint density at radius 2 is 2.05 bits per heavy atom. The van der Waals surface area contributed by atoms with Gasteiger partial charge in [-0.05, 0) is 12.1 Å². The molecule has 1 N–H and O–H groups in total. The fourth-order valence-electron chi connectivity index (χ4n) is 1.70. The van der Waals surface area contributed by atoms with Gasteiger partial charge in [-0.25, -0.2) is 9.78 Å². The van der Waals surface area contributed by atoms with Crippen LogP contribution in [-0.2, 0) is 6.18 Å². The Hall–Kier alpha value is -2.31. The van der Waals surface area contributed by atoms with E-state index < -0.39 is 17.8 Å². The topological polar surface area (TPSA) is 59.4 Å². The molecule has 0 aliphatic heterocycles. The minimum atomic E-state index is -4.67. The van der Waals surface area contributed by atoms with Gasteiger partial charge in [0.05, 0.1) is 18.2 Å². The van der Waals surface area contributed by atoms with E-state index in [0.29, 0.717) is 0 Å². The molecule has 0 aliphatic rings. The van der Waals surface area contributed by atoms with Crippen molar-refractivity contribution in [3.63, 3.8) is 0 Å². The zero-order valence-electron chi connectivity index (χ0n) is 9.65. The standard InChI is InChI=1S/C12H8F3NO3/c1-19-8-5-9(12(13,14)15)16-10-6(8)3-2-4-7(10)11(17)18/h2-5H,1H3,(H,17,18). The van der Waals surface area contributed by atoms with Crippen LogP contribution >= 0.6 is 0 Å². The lowest BCUT2D eigenvalue weighted by Gasteiger charge is -2.11. The third-order valence-corrected chi connectivity index (χ3v) is 2.54. The number of benzene rings is 1. The monoisotopic (exact) mass is 271 g/mol. The predicted octanol–water partition coefficient (Wildman–Crippen LogP) is 2.96. The highest BCUT2D eigenvalue weighted by atomic mass is 19.4. The highest BCUT2D eigenvalue weighted by molar-refractivity contribution is 6.03. The molecule has 0 amide bonds. The summed E-state index contributed by atoms with van der Waals surface area (Å²) < 4.78 is 43.0. The van der Waals surface area contributed by atoms with Gasteiger partial charge in [0, 0.05) is 11.5 Å². The van der Waals surface area contributed by atoms with Crippen molar-refractivity contribution in [2.75, 3.05) is 7.11 Å². The summed E-state index contributed by atoms with van der Waals surface area (Å²) >= 11 is 0. The Morgan fingerprint density at radius 1 is 1.37 bits per heavy atom. The van der Waals surface area contributed by atoms with Crippen LogP contribution in [0, 0.1) is 0 Å². The fourth-order valence-corrected chi connectivity index (χ4v) is 1.70. The molecular weight excluding hydrogens is 263 g/mol. The smallest absolute Gasteiger partial charge is 0.433 e. The molecule has 1 aromatic carbocycles. The highest BCUT2D eigenvalue weighted by Gasteiger charge is 2.34. The number of ether oxygens (including phenoxy) is 1. The first kappa shape index (κ1) is 13.1. The largest absolute Gasteiger partial charge is 0.496 e. The number of aromatic nitrogens is 1. The first-order chi connectivity index (χ1) is 8.84. The van der Waals surface area contributed by atoms with E-state index >= 15 is 0 Å². The summed E-state index contributed by atoms with van der Waals surface area (Å²) in [5.74, 6) is -1.42. The first-order valence-electron chi connectivity index (χ1n) is 5.13. The third kappa shape index (κ3) is 2.31. The molecule has 0 radical (unpaired) electrons. The summed E-state index contributed by atoms with van der Waals surface area (Å²) in [5.41, 5.74) is -1.74. The van der Waals surface area contributed by atoms with E-state index in [0.717, 1.165) is 6.07 Å². The number of carbonyl (C=O) groups is 1. The molecule has 1 heterocycles. The molecule has 0 saturated carbocycles. The summed E-state index contributed by atoms with van der Waals surface area (Å²) in [6.07, 6.45) is -4.67. The highest BCUT2D eigenvalue weighted by Crippen LogP contribution is 2.34. The number of nitrogens with zero attached hydrogens (tertiary/aromatic N) is 1. The van der Waals surface area contributed by atoms with Crippen LogP contribution in [0.1, 0.15) is 16.1 Å². The molecule has 7 heteroatoms. The Bertz CT molecular complexity index is 652. The van der Waals surface area contributed by atoms with Crippen molar-refractivity contribution in [2.45, 2.75) is 6.18 Å². The number of alkyl halides is 3. The van der Waals surface area contributed by atoms with Gasteiger partial charge in [-0.3, -0.25) is 0 Å². The maximum atomic E-state index is 12.7. The number of fused-ring (bicyclic) bond motifs is 1. The molecular formula is C12H8F3NO3. The van der Waals surface area contributed by atoms with Crippen LogP contribution < -0.4 is 4.74 Å². The van der Waals surface area contributed by atoms with E-state index in [1.807, 2.05) is 0 Å². The van der Waals surface area contributed by atoms with Crippen LogP contribution in [0.5, 0.6) is 5.75 Å². The number of carboxylic acids is 1. The quantitative estimate of drug-likeness (QED) is 0.912. The van der Waals surface area contributed by atoms with E-state index in [-0.39, 0.29) is 22.2 Å². The van der Waals surface area contributed by atoms with Gasteiger partial charge in [0.2, 0.25) is 0 Å². The van der Waals surface area contributed by atoms with Crippen molar-refractivity contribution in [2.24, 2.45) is 0 Å². The van der Waals surface area contributed by atoms with Crippen LogP contribution in [0.2, 0.25) is 0 Å². The molecule has 19 heavy (non-hydrogen) atoms. The van der Waals surface area contributed by atoms with Crippen LogP contribution in [0.25, 0.3) is 10.9 Å². The van der Waals surface area contributed by atoms with Gasteiger partial charge in [0.25, 0.3) is 0 Å². The molecule has 1 aromatic heterocycles. The zero-order chi connectivity index (χ0) is 14.2. The van der Waals surface area contributed by atoms with E-state index in [2.05, 4.69) is 4.98 Å². The molecule has 0 saturated heterocycles. The number of methoxy groups -OCH3 is 1. The average molecular weight is 271 g/mol. The van der Waals surface area contributed by atoms with Gasteiger partial charge in [-0.1, -0.05) is 6.07 Å². The number of aromatic carboxylic acids is 1. The van der Waals surface area contributed by atoms with Crippen LogP contribution in [0.4, 0.5) is 13.2 Å². The molecule has 100 valence electrons. The molecule has 0 unspecified atom stereocenters. The van der Waals surface area contributed by atoms with Crippen molar-refractivity contribution in [1.29, 1.82) is 0 Å². The van der Waals surface area contributed by atoms with Gasteiger partial charge >= 0.3 is 12.1 Å². The van der Waals surface area contributed by atoms with Crippen LogP contribution in [0.3, 0.4) is 0 Å². The van der Waals surface area contributed by atoms with E-state index in [1.54, 1.807) is 0 Å². The number of halogens is 3. The molecule has 0 spiro atoms. The predicted molar refractivity (Wildman–Crippen MR) is 60.3 cm³/mol. The number of rotatable bonds is 2. The van der Waals surface area contributed by atoms with Crippen LogP contribution in [-0.4, -0.2) is 23.2 Å². The average Bonchev–Trinajstić information content (AvgIpc) is 2.35. The van der Waals surface area contributed by atoms with Gasteiger partial charge in [-0.15, -0.1) is 0 Å². The summed E-state index contributed by atoms with van der Waals surface area (Å²) in [6, 6.07) is 4.81. The summed E-state index contributed by atoms with van der Waals surface area (Å²) in [7, 11) is 1.21. The minimum absolute atomic E-state index is 0.0691. The summed E-state index contributed by atoms with van der Waals surface area (Å²) in [6.45, 7) is 0. The Labute approximate surface area is 105 Å². The van der Waals surface area contributed by atoms with Gasteiger partial charge < -0.3 is 9.84 Å². The van der Waals surface area contributed by atoms with E-state index in [1.165, 1.54) is 25.3 Å². The SMILES string of the molecule is COc1cc(C(F)(F)F)nc2c(C(=O)O)cccc12. The lowest BCUT2D eigenvalue weighted by atomic mass is 10.1. The molecule has 0 aliphatic carbocycles. The minimum Gasteiger partial charge on any atom is -0.496 e. The van der Waals surface area contributed by atoms with Crippen molar-refractivity contribution >= 4 is 16.9 Å². The molecule has 4 nitrogen and oxygen atoms in total. The number of carboxylic acid groups (broad SMARTS) is 1.